The van der Waals surface area contributed by atoms with Crippen LogP contribution in [0.1, 0.15) is 88.3 Å². The maximum Gasteiger partial charge on any atom is 0.181 e. The summed E-state index contributed by atoms with van der Waals surface area (Å²) < 4.78 is 2.20. The van der Waals surface area contributed by atoms with E-state index in [-0.39, 0.29) is 6.42 Å². The van der Waals surface area contributed by atoms with E-state index in [2.05, 4.69) is 36.9 Å². The molecule has 1 heterocycles. The van der Waals surface area contributed by atoms with Crippen molar-refractivity contribution in [2.75, 3.05) is 0 Å². The van der Waals surface area contributed by atoms with Gasteiger partial charge in [0.15, 0.2) is 11.9 Å². The topological polar surface area (TPSA) is 44.0 Å². The van der Waals surface area contributed by atoms with Gasteiger partial charge in [0.1, 0.15) is 7.05 Å². The normalized spacial score (nSPS) is 10.9. The number of unbranched alkanes of at least 4 members (excludes halogenated alkanes) is 10. The Morgan fingerprint density at radius 2 is 1.42 bits per heavy atom. The first-order valence-electron chi connectivity index (χ1n) is 9.75. The first kappa shape index (κ1) is 20.7. The molecule has 0 bridgehead atoms. The Hall–Kier alpha value is -1.38. The Labute approximate surface area is 148 Å². The van der Waals surface area contributed by atoms with Crippen molar-refractivity contribution in [2.24, 2.45) is 7.05 Å². The fourth-order valence-electron chi connectivity index (χ4n) is 3.19. The van der Waals surface area contributed by atoms with Crippen LogP contribution in [0.3, 0.4) is 0 Å². The van der Waals surface area contributed by atoms with Crippen LogP contribution in [0.2, 0.25) is 0 Å². The predicted octanol–water partition coefficient (Wildman–Crippen LogP) is 3.79. The molecular formula is C21H35NO2. The van der Waals surface area contributed by atoms with Crippen molar-refractivity contribution < 1.29 is 14.5 Å². The van der Waals surface area contributed by atoms with Crippen LogP contribution in [-0.4, -0.2) is 5.97 Å². The lowest BCUT2D eigenvalue weighted by Crippen LogP contribution is -2.32. The number of hydrogen-bond acceptors (Lipinski definition) is 2. The molecule has 3 nitrogen and oxygen atoms in total. The van der Waals surface area contributed by atoms with E-state index in [9.17, 15) is 9.90 Å². The first-order valence-corrected chi connectivity index (χ1v) is 9.75. The highest BCUT2D eigenvalue weighted by Gasteiger charge is 2.06. The number of rotatable bonds is 14. The second-order valence-electron chi connectivity index (χ2n) is 6.99. The molecule has 136 valence electrons. The summed E-state index contributed by atoms with van der Waals surface area (Å²) in [7, 11) is 2.11. The summed E-state index contributed by atoms with van der Waals surface area (Å²) in [5.74, 6) is -0.911. The van der Waals surface area contributed by atoms with Gasteiger partial charge in [-0.15, -0.1) is 0 Å². The van der Waals surface area contributed by atoms with Crippen LogP contribution < -0.4 is 9.67 Å². The summed E-state index contributed by atoms with van der Waals surface area (Å²) in [6.45, 7) is 2.20. The molecule has 0 saturated carbocycles. The zero-order chi connectivity index (χ0) is 17.6. The van der Waals surface area contributed by atoms with E-state index >= 15 is 0 Å². The second-order valence-corrected chi connectivity index (χ2v) is 6.99. The molecule has 3 heteroatoms. The van der Waals surface area contributed by atoms with Crippen molar-refractivity contribution >= 4 is 5.97 Å². The molecule has 0 amide bonds. The molecule has 0 saturated heterocycles. The van der Waals surface area contributed by atoms with Crippen molar-refractivity contribution in [2.45, 2.75) is 90.4 Å². The van der Waals surface area contributed by atoms with Gasteiger partial charge in [-0.3, -0.25) is 0 Å². The summed E-state index contributed by atoms with van der Waals surface area (Å²) in [6, 6.07) is 4.39. The minimum atomic E-state index is -0.911. The number of carboxylic acids is 1. The molecular weight excluding hydrogens is 298 g/mol. The molecule has 1 rings (SSSR count). The lowest BCUT2D eigenvalue weighted by molar-refractivity contribution is -0.678. The predicted molar refractivity (Wildman–Crippen MR) is 96.5 cm³/mol. The van der Waals surface area contributed by atoms with Crippen LogP contribution in [0.25, 0.3) is 0 Å². The van der Waals surface area contributed by atoms with E-state index in [0.717, 1.165) is 12.8 Å². The van der Waals surface area contributed by atoms with Crippen molar-refractivity contribution in [3.05, 3.63) is 29.6 Å². The molecule has 0 spiro atoms. The van der Waals surface area contributed by atoms with Crippen LogP contribution in [-0.2, 0) is 18.3 Å². The van der Waals surface area contributed by atoms with Gasteiger partial charge < -0.3 is 9.90 Å². The summed E-state index contributed by atoms with van der Waals surface area (Å²) in [4.78, 5) is 10.3. The third-order valence-electron chi connectivity index (χ3n) is 4.93. The lowest BCUT2D eigenvalue weighted by Gasteiger charge is -2.05. The second kappa shape index (κ2) is 13.0. The first-order chi connectivity index (χ1) is 11.6. The molecule has 1 aromatic heterocycles. The molecule has 1 aromatic rings. The maximum atomic E-state index is 10.3. The van der Waals surface area contributed by atoms with E-state index in [1.807, 2.05) is 0 Å². The van der Waals surface area contributed by atoms with Gasteiger partial charge in [-0.2, -0.15) is 0 Å². The zero-order valence-corrected chi connectivity index (χ0v) is 15.7. The standard InChI is InChI=1S/C21H35NO2/c1-19-20(16-14-18-22(19)2)15-12-10-8-6-4-3-5-7-9-11-13-17-21(23)24/h14,16,18H,3-13,15,17H2,1-2H3. The van der Waals surface area contributed by atoms with Crippen LogP contribution >= 0.6 is 0 Å². The molecule has 0 radical (unpaired) electrons. The highest BCUT2D eigenvalue weighted by atomic mass is 16.4. The number of aromatic nitrogens is 1. The van der Waals surface area contributed by atoms with E-state index in [1.54, 1.807) is 0 Å². The molecule has 0 N–H and O–H groups in total. The van der Waals surface area contributed by atoms with Crippen LogP contribution in [0.15, 0.2) is 18.3 Å². The SMILES string of the molecule is Cc1c(CCCCCCCCCCCCCC(=O)[O-])ccc[n+]1C. The third kappa shape index (κ3) is 9.69. The van der Waals surface area contributed by atoms with Crippen LogP contribution in [0.5, 0.6) is 0 Å². The third-order valence-corrected chi connectivity index (χ3v) is 4.93. The lowest BCUT2D eigenvalue weighted by atomic mass is 10.0. The van der Waals surface area contributed by atoms with E-state index < -0.39 is 5.97 Å². The number of carboxylic acid groups (broad SMARTS) is 1. The Morgan fingerprint density at radius 1 is 0.917 bits per heavy atom. The van der Waals surface area contributed by atoms with Crippen LogP contribution in [0, 0.1) is 6.92 Å². The number of carbonyl (C=O) groups excluding carboxylic acids is 1. The Balaban J connectivity index is 1.87. The molecule has 0 unspecified atom stereocenters. The summed E-state index contributed by atoms with van der Waals surface area (Å²) in [5, 5.41) is 10.3. The fraction of sp³-hybridized carbons (Fsp3) is 0.714. The molecule has 0 aliphatic heterocycles. The number of hydrogen-bond donors (Lipinski definition) is 0. The number of aryl methyl sites for hydroxylation is 2. The molecule has 0 fully saturated rings. The molecule has 24 heavy (non-hydrogen) atoms. The average molecular weight is 334 g/mol. The number of pyridine rings is 1. The van der Waals surface area contributed by atoms with E-state index in [4.69, 9.17) is 0 Å². The van der Waals surface area contributed by atoms with Crippen LogP contribution in [0.4, 0.5) is 0 Å². The van der Waals surface area contributed by atoms with Gasteiger partial charge in [0, 0.05) is 24.5 Å². The van der Waals surface area contributed by atoms with Gasteiger partial charge in [0.05, 0.1) is 0 Å². The molecule has 0 aromatic carbocycles. The van der Waals surface area contributed by atoms with Crippen molar-refractivity contribution in [3.63, 3.8) is 0 Å². The summed E-state index contributed by atoms with van der Waals surface area (Å²) in [5.41, 5.74) is 2.87. The van der Waals surface area contributed by atoms with E-state index in [1.165, 1.54) is 75.5 Å². The van der Waals surface area contributed by atoms with Crippen molar-refractivity contribution in [3.8, 4) is 0 Å². The minimum Gasteiger partial charge on any atom is -0.550 e. The fourth-order valence-corrected chi connectivity index (χ4v) is 3.19. The van der Waals surface area contributed by atoms with Crippen molar-refractivity contribution in [1.82, 2.24) is 0 Å². The minimum absolute atomic E-state index is 0.223. The Kier molecular flexibility index (Phi) is 11.2. The van der Waals surface area contributed by atoms with Gasteiger partial charge >= 0.3 is 0 Å². The number of carbonyl (C=O) groups is 1. The molecule has 0 aliphatic rings. The smallest absolute Gasteiger partial charge is 0.181 e. The van der Waals surface area contributed by atoms with Crippen molar-refractivity contribution in [1.29, 1.82) is 0 Å². The maximum absolute atomic E-state index is 10.3. The monoisotopic (exact) mass is 333 g/mol. The van der Waals surface area contributed by atoms with E-state index in [0.29, 0.717) is 0 Å². The molecule has 0 aliphatic carbocycles. The number of aliphatic carboxylic acids is 1. The van der Waals surface area contributed by atoms with Gasteiger partial charge in [-0.25, -0.2) is 4.57 Å². The number of nitrogens with zero attached hydrogens (tertiary/aromatic N) is 1. The average Bonchev–Trinajstić information content (AvgIpc) is 2.55. The highest BCUT2D eigenvalue weighted by molar-refractivity contribution is 5.63. The van der Waals surface area contributed by atoms with Gasteiger partial charge in [0.2, 0.25) is 0 Å². The summed E-state index contributed by atoms with van der Waals surface area (Å²) >= 11 is 0. The molecule has 0 atom stereocenters. The summed E-state index contributed by atoms with van der Waals surface area (Å²) in [6.07, 6.45) is 17.1. The highest BCUT2D eigenvalue weighted by Crippen LogP contribution is 2.13. The quantitative estimate of drug-likeness (QED) is 0.384. The van der Waals surface area contributed by atoms with Gasteiger partial charge in [-0.1, -0.05) is 57.8 Å². The Bertz CT molecular complexity index is 471. The zero-order valence-electron chi connectivity index (χ0n) is 15.7. The largest absolute Gasteiger partial charge is 0.550 e. The van der Waals surface area contributed by atoms with Gasteiger partial charge in [0.25, 0.3) is 0 Å². The Morgan fingerprint density at radius 3 is 1.96 bits per heavy atom. The van der Waals surface area contributed by atoms with Gasteiger partial charge in [-0.05, 0) is 31.7 Å².